The van der Waals surface area contributed by atoms with Crippen LogP contribution in [0.2, 0.25) is 0 Å². The average molecular weight is 632 g/mol. The summed E-state index contributed by atoms with van der Waals surface area (Å²) in [5.74, 6) is 0.875. The SMILES string of the molecule is O=C(NC[C@@H]1CCC[C@@H](CNC(=O)Nc2ccc(I)cc2)C1)Nc1ccc(I)cc1. The third-order valence-electron chi connectivity index (χ3n) is 5.20. The van der Waals surface area contributed by atoms with E-state index in [4.69, 9.17) is 0 Å². The van der Waals surface area contributed by atoms with E-state index in [-0.39, 0.29) is 12.1 Å². The molecule has 8 heteroatoms. The summed E-state index contributed by atoms with van der Waals surface area (Å²) in [6, 6.07) is 15.1. The van der Waals surface area contributed by atoms with Gasteiger partial charge in [0.1, 0.15) is 0 Å². The van der Waals surface area contributed by atoms with Crippen molar-refractivity contribution in [1.29, 1.82) is 0 Å². The van der Waals surface area contributed by atoms with Crippen LogP contribution >= 0.6 is 45.2 Å². The molecule has 3 rings (SSSR count). The van der Waals surface area contributed by atoms with E-state index in [0.29, 0.717) is 24.9 Å². The Kier molecular flexibility index (Phi) is 9.04. The average Bonchev–Trinajstić information content (AvgIpc) is 2.74. The normalized spacial score (nSPS) is 18.3. The number of urea groups is 2. The van der Waals surface area contributed by atoms with Crippen molar-refractivity contribution < 1.29 is 9.59 Å². The lowest BCUT2D eigenvalue weighted by Crippen LogP contribution is -2.38. The molecule has 4 amide bonds. The molecule has 1 aliphatic carbocycles. The second-order valence-corrected chi connectivity index (χ2v) is 10.1. The zero-order chi connectivity index (χ0) is 21.3. The Balaban J connectivity index is 1.36. The summed E-state index contributed by atoms with van der Waals surface area (Å²) < 4.78 is 2.26. The van der Waals surface area contributed by atoms with E-state index >= 15 is 0 Å². The molecule has 0 saturated heterocycles. The molecule has 0 bridgehead atoms. The van der Waals surface area contributed by atoms with Gasteiger partial charge in [0, 0.05) is 31.6 Å². The quantitative estimate of drug-likeness (QED) is 0.311. The molecule has 2 aromatic rings. The topological polar surface area (TPSA) is 82.3 Å². The maximum absolute atomic E-state index is 12.1. The van der Waals surface area contributed by atoms with E-state index in [9.17, 15) is 9.59 Å². The number of halogens is 2. The van der Waals surface area contributed by atoms with Crippen molar-refractivity contribution in [3.8, 4) is 0 Å². The fourth-order valence-corrected chi connectivity index (χ4v) is 4.38. The number of rotatable bonds is 6. The van der Waals surface area contributed by atoms with Crippen LogP contribution in [0, 0.1) is 19.0 Å². The summed E-state index contributed by atoms with van der Waals surface area (Å²) in [5, 5.41) is 11.7. The molecule has 0 spiro atoms. The van der Waals surface area contributed by atoms with E-state index in [1.807, 2.05) is 48.5 Å². The number of amides is 4. The number of benzene rings is 2. The molecule has 4 N–H and O–H groups in total. The van der Waals surface area contributed by atoms with Gasteiger partial charge in [0.15, 0.2) is 0 Å². The van der Waals surface area contributed by atoms with Crippen molar-refractivity contribution in [3.05, 3.63) is 55.7 Å². The molecular weight excluding hydrogens is 606 g/mol. The van der Waals surface area contributed by atoms with Gasteiger partial charge in [-0.1, -0.05) is 6.42 Å². The number of carbonyl (C=O) groups excluding carboxylic acids is 2. The maximum atomic E-state index is 12.1. The molecule has 0 heterocycles. The van der Waals surface area contributed by atoms with Crippen molar-refractivity contribution in [2.45, 2.75) is 25.7 Å². The van der Waals surface area contributed by atoms with Crippen LogP contribution in [-0.2, 0) is 0 Å². The van der Waals surface area contributed by atoms with Gasteiger partial charge in [0.2, 0.25) is 0 Å². The van der Waals surface area contributed by atoms with Crippen LogP contribution in [0.3, 0.4) is 0 Å². The molecule has 0 unspecified atom stereocenters. The number of hydrogen-bond donors (Lipinski definition) is 4. The van der Waals surface area contributed by atoms with E-state index in [0.717, 1.165) is 44.2 Å². The van der Waals surface area contributed by atoms with E-state index in [1.54, 1.807) is 0 Å². The molecule has 0 aliphatic heterocycles. The molecular formula is C22H26I2N4O2. The Morgan fingerprint density at radius 3 is 1.53 bits per heavy atom. The first kappa shape index (κ1) is 23.1. The molecule has 2 atom stereocenters. The lowest BCUT2D eigenvalue weighted by atomic mass is 9.81. The summed E-state index contributed by atoms with van der Waals surface area (Å²) in [7, 11) is 0. The van der Waals surface area contributed by atoms with Crippen LogP contribution in [0.25, 0.3) is 0 Å². The van der Waals surface area contributed by atoms with Crippen LogP contribution in [0.4, 0.5) is 21.0 Å². The molecule has 1 fully saturated rings. The molecule has 1 saturated carbocycles. The lowest BCUT2D eigenvalue weighted by Gasteiger charge is -2.29. The number of hydrogen-bond acceptors (Lipinski definition) is 2. The van der Waals surface area contributed by atoms with E-state index < -0.39 is 0 Å². The maximum Gasteiger partial charge on any atom is 0.319 e. The lowest BCUT2D eigenvalue weighted by molar-refractivity contribution is 0.230. The van der Waals surface area contributed by atoms with E-state index in [1.165, 1.54) is 0 Å². The highest BCUT2D eigenvalue weighted by atomic mass is 127. The minimum Gasteiger partial charge on any atom is -0.338 e. The summed E-state index contributed by atoms with van der Waals surface area (Å²) in [4.78, 5) is 24.3. The first-order valence-corrected chi connectivity index (χ1v) is 12.2. The van der Waals surface area contributed by atoms with Gasteiger partial charge in [0.25, 0.3) is 0 Å². The standard InChI is InChI=1S/C22H26I2N4O2/c23-17-4-8-19(9-5-17)27-21(29)25-13-15-2-1-3-16(12-15)14-26-22(30)28-20-10-6-18(24)7-11-20/h4-11,15-16H,1-3,12-14H2,(H2,25,27,29)(H2,26,28,30)/t15-,16-/m1/s1. The highest BCUT2D eigenvalue weighted by Gasteiger charge is 2.22. The third-order valence-corrected chi connectivity index (χ3v) is 6.64. The van der Waals surface area contributed by atoms with Crippen LogP contribution in [-0.4, -0.2) is 25.2 Å². The van der Waals surface area contributed by atoms with Crippen LogP contribution in [0.15, 0.2) is 48.5 Å². The minimum absolute atomic E-state index is 0.173. The number of anilines is 2. The zero-order valence-corrected chi connectivity index (χ0v) is 20.9. The Morgan fingerprint density at radius 1 is 0.733 bits per heavy atom. The Bertz CT molecular complexity index is 774. The van der Waals surface area contributed by atoms with Gasteiger partial charge < -0.3 is 21.3 Å². The van der Waals surface area contributed by atoms with Gasteiger partial charge in [-0.15, -0.1) is 0 Å². The van der Waals surface area contributed by atoms with Crippen molar-refractivity contribution in [3.63, 3.8) is 0 Å². The highest BCUT2D eigenvalue weighted by Crippen LogP contribution is 2.28. The first-order valence-electron chi connectivity index (χ1n) is 10.1. The minimum atomic E-state index is -0.173. The summed E-state index contributed by atoms with van der Waals surface area (Å²) in [6.45, 7) is 1.31. The molecule has 160 valence electrons. The highest BCUT2D eigenvalue weighted by molar-refractivity contribution is 14.1. The predicted molar refractivity (Wildman–Crippen MR) is 138 cm³/mol. The van der Waals surface area contributed by atoms with Crippen LogP contribution < -0.4 is 21.3 Å². The molecule has 2 aromatic carbocycles. The fraction of sp³-hybridized carbons (Fsp3) is 0.364. The van der Waals surface area contributed by atoms with Crippen molar-refractivity contribution in [2.75, 3.05) is 23.7 Å². The number of nitrogens with one attached hydrogen (secondary N) is 4. The first-order chi connectivity index (χ1) is 14.5. The van der Waals surface area contributed by atoms with Crippen molar-refractivity contribution >= 4 is 68.6 Å². The Hall–Kier alpha value is -1.56. The second kappa shape index (κ2) is 11.7. The van der Waals surface area contributed by atoms with Gasteiger partial charge in [-0.2, -0.15) is 0 Å². The zero-order valence-electron chi connectivity index (χ0n) is 16.6. The van der Waals surface area contributed by atoms with Crippen molar-refractivity contribution in [1.82, 2.24) is 10.6 Å². The van der Waals surface area contributed by atoms with E-state index in [2.05, 4.69) is 66.4 Å². The smallest absolute Gasteiger partial charge is 0.319 e. The van der Waals surface area contributed by atoms with Crippen LogP contribution in [0.1, 0.15) is 25.7 Å². The largest absolute Gasteiger partial charge is 0.338 e. The van der Waals surface area contributed by atoms with Gasteiger partial charge in [-0.05, 0) is 125 Å². The van der Waals surface area contributed by atoms with Gasteiger partial charge in [-0.3, -0.25) is 0 Å². The summed E-state index contributed by atoms with van der Waals surface area (Å²) in [6.07, 6.45) is 4.34. The molecule has 30 heavy (non-hydrogen) atoms. The molecule has 0 radical (unpaired) electrons. The number of carbonyl (C=O) groups is 2. The van der Waals surface area contributed by atoms with Gasteiger partial charge in [0.05, 0.1) is 0 Å². The summed E-state index contributed by atoms with van der Waals surface area (Å²) in [5.41, 5.74) is 1.58. The van der Waals surface area contributed by atoms with Gasteiger partial charge in [-0.25, -0.2) is 9.59 Å². The molecule has 0 aromatic heterocycles. The Morgan fingerprint density at radius 2 is 1.13 bits per heavy atom. The van der Waals surface area contributed by atoms with Crippen molar-refractivity contribution in [2.24, 2.45) is 11.8 Å². The Labute approximate surface area is 204 Å². The molecule has 1 aliphatic rings. The predicted octanol–water partition coefficient (Wildman–Crippen LogP) is 5.65. The third kappa shape index (κ3) is 7.93. The molecule has 6 nitrogen and oxygen atoms in total. The fourth-order valence-electron chi connectivity index (χ4n) is 3.66. The van der Waals surface area contributed by atoms with Crippen LogP contribution in [0.5, 0.6) is 0 Å². The van der Waals surface area contributed by atoms with Gasteiger partial charge >= 0.3 is 12.1 Å². The second-order valence-electron chi connectivity index (χ2n) is 7.58. The summed E-state index contributed by atoms with van der Waals surface area (Å²) >= 11 is 4.47. The monoisotopic (exact) mass is 632 g/mol.